The number of carbonyl (C=O) groups excluding carboxylic acids is 2. The summed E-state index contributed by atoms with van der Waals surface area (Å²) in [5, 5.41) is 5.68. The van der Waals surface area contributed by atoms with E-state index in [1.165, 1.54) is 0 Å². The Labute approximate surface area is 139 Å². The van der Waals surface area contributed by atoms with Crippen LogP contribution < -0.4 is 15.4 Å². The van der Waals surface area contributed by atoms with Gasteiger partial charge in [0.2, 0.25) is 11.8 Å². The van der Waals surface area contributed by atoms with Crippen LogP contribution in [0.3, 0.4) is 0 Å². The van der Waals surface area contributed by atoms with Gasteiger partial charge in [-0.15, -0.1) is 0 Å². The first-order chi connectivity index (χ1) is 11.1. The Morgan fingerprint density at radius 1 is 1.00 bits per heavy atom. The average Bonchev–Trinajstić information content (AvgIpc) is 2.51. The van der Waals surface area contributed by atoms with E-state index in [-0.39, 0.29) is 6.42 Å². The van der Waals surface area contributed by atoms with Gasteiger partial charge in [0.05, 0.1) is 17.3 Å². The normalized spacial score (nSPS) is 10.0. The third-order valence-corrected chi connectivity index (χ3v) is 3.25. The summed E-state index contributed by atoms with van der Waals surface area (Å²) in [7, 11) is 0. The van der Waals surface area contributed by atoms with Crippen LogP contribution in [-0.4, -0.2) is 18.4 Å². The van der Waals surface area contributed by atoms with Crippen molar-refractivity contribution in [2.45, 2.75) is 13.3 Å². The van der Waals surface area contributed by atoms with E-state index in [0.717, 1.165) is 5.75 Å². The highest BCUT2D eigenvalue weighted by molar-refractivity contribution is 6.33. The lowest BCUT2D eigenvalue weighted by atomic mass is 10.2. The number of benzene rings is 2. The molecule has 0 saturated carbocycles. The molecule has 0 aliphatic carbocycles. The number of amides is 2. The third kappa shape index (κ3) is 5.30. The second-order valence-electron chi connectivity index (χ2n) is 4.71. The van der Waals surface area contributed by atoms with Gasteiger partial charge in [-0.05, 0) is 43.3 Å². The molecule has 0 aromatic heterocycles. The van der Waals surface area contributed by atoms with Gasteiger partial charge in [-0.1, -0.05) is 23.7 Å². The SMILES string of the molecule is CCOc1ccc(NC(=O)CC(=O)Nc2ccccc2Cl)cc1. The van der Waals surface area contributed by atoms with Crippen LogP contribution in [0.2, 0.25) is 5.02 Å². The number of nitrogens with one attached hydrogen (secondary N) is 2. The second-order valence-corrected chi connectivity index (χ2v) is 5.12. The van der Waals surface area contributed by atoms with E-state index in [9.17, 15) is 9.59 Å². The summed E-state index contributed by atoms with van der Waals surface area (Å²) < 4.78 is 5.32. The maximum Gasteiger partial charge on any atom is 0.233 e. The number of rotatable bonds is 6. The molecule has 23 heavy (non-hydrogen) atoms. The summed E-state index contributed by atoms with van der Waals surface area (Å²) in [4.78, 5) is 23.7. The Bertz CT molecular complexity index is 686. The van der Waals surface area contributed by atoms with E-state index in [4.69, 9.17) is 16.3 Å². The quantitative estimate of drug-likeness (QED) is 0.792. The monoisotopic (exact) mass is 332 g/mol. The first-order valence-electron chi connectivity index (χ1n) is 7.15. The van der Waals surface area contributed by atoms with Gasteiger partial charge in [0.1, 0.15) is 12.2 Å². The van der Waals surface area contributed by atoms with Crippen molar-refractivity contribution in [3.63, 3.8) is 0 Å². The van der Waals surface area contributed by atoms with Gasteiger partial charge >= 0.3 is 0 Å². The number of halogens is 1. The summed E-state index contributed by atoms with van der Waals surface area (Å²) in [6, 6.07) is 13.8. The Morgan fingerprint density at radius 3 is 2.30 bits per heavy atom. The van der Waals surface area contributed by atoms with Crippen molar-refractivity contribution in [3.8, 4) is 5.75 Å². The highest BCUT2D eigenvalue weighted by Gasteiger charge is 2.11. The Morgan fingerprint density at radius 2 is 1.65 bits per heavy atom. The molecule has 0 heterocycles. The zero-order chi connectivity index (χ0) is 16.7. The van der Waals surface area contributed by atoms with Gasteiger partial charge < -0.3 is 15.4 Å². The zero-order valence-corrected chi connectivity index (χ0v) is 13.4. The highest BCUT2D eigenvalue weighted by atomic mass is 35.5. The Balaban J connectivity index is 1.86. The molecule has 0 fully saturated rings. The predicted octanol–water partition coefficient (Wildman–Crippen LogP) is 3.71. The summed E-state index contributed by atoms with van der Waals surface area (Å²) in [5.41, 5.74) is 1.08. The van der Waals surface area contributed by atoms with Crippen molar-refractivity contribution in [1.29, 1.82) is 0 Å². The highest BCUT2D eigenvalue weighted by Crippen LogP contribution is 2.20. The van der Waals surface area contributed by atoms with Crippen LogP contribution in [0, 0.1) is 0 Å². The molecule has 0 bridgehead atoms. The minimum Gasteiger partial charge on any atom is -0.494 e. The summed E-state index contributed by atoms with van der Waals surface area (Å²) in [6.45, 7) is 2.47. The molecule has 2 aromatic carbocycles. The topological polar surface area (TPSA) is 67.4 Å². The van der Waals surface area contributed by atoms with E-state index >= 15 is 0 Å². The van der Waals surface area contributed by atoms with Crippen molar-refractivity contribution < 1.29 is 14.3 Å². The fourth-order valence-electron chi connectivity index (χ4n) is 1.91. The van der Waals surface area contributed by atoms with E-state index < -0.39 is 11.8 Å². The van der Waals surface area contributed by atoms with Gasteiger partial charge in [0, 0.05) is 5.69 Å². The van der Waals surface area contributed by atoms with E-state index in [1.54, 1.807) is 48.5 Å². The number of ether oxygens (including phenoxy) is 1. The molecule has 0 saturated heterocycles. The number of carbonyl (C=O) groups is 2. The molecule has 2 aromatic rings. The van der Waals surface area contributed by atoms with Crippen molar-refractivity contribution in [2.24, 2.45) is 0 Å². The van der Waals surface area contributed by atoms with Crippen LogP contribution >= 0.6 is 11.6 Å². The van der Waals surface area contributed by atoms with E-state index in [2.05, 4.69) is 10.6 Å². The third-order valence-electron chi connectivity index (χ3n) is 2.92. The summed E-state index contributed by atoms with van der Waals surface area (Å²) >= 11 is 5.95. The molecular weight excluding hydrogens is 316 g/mol. The fourth-order valence-corrected chi connectivity index (χ4v) is 2.09. The molecule has 0 aliphatic heterocycles. The first-order valence-corrected chi connectivity index (χ1v) is 7.53. The standard InChI is InChI=1S/C17H17ClN2O3/c1-2-23-13-9-7-12(8-10-13)19-16(21)11-17(22)20-15-6-4-3-5-14(15)18/h3-10H,2,11H2,1H3,(H,19,21)(H,20,22). The van der Waals surface area contributed by atoms with Crippen molar-refractivity contribution >= 4 is 34.8 Å². The molecule has 5 nitrogen and oxygen atoms in total. The molecule has 0 spiro atoms. The lowest BCUT2D eigenvalue weighted by Gasteiger charge is -2.08. The van der Waals surface area contributed by atoms with Gasteiger partial charge in [-0.3, -0.25) is 9.59 Å². The summed E-state index contributed by atoms with van der Waals surface area (Å²) in [5.74, 6) is -0.109. The molecule has 120 valence electrons. The molecule has 0 atom stereocenters. The number of hydrogen-bond donors (Lipinski definition) is 2. The fraction of sp³-hybridized carbons (Fsp3) is 0.176. The molecule has 0 radical (unpaired) electrons. The van der Waals surface area contributed by atoms with Gasteiger partial charge in [-0.2, -0.15) is 0 Å². The van der Waals surface area contributed by atoms with Gasteiger partial charge in [0.25, 0.3) is 0 Å². The maximum atomic E-state index is 11.9. The van der Waals surface area contributed by atoms with E-state index in [1.807, 2.05) is 6.92 Å². The average molecular weight is 333 g/mol. The number of para-hydroxylation sites is 1. The Kier molecular flexibility index (Phi) is 6.00. The van der Waals surface area contributed by atoms with Crippen molar-refractivity contribution in [2.75, 3.05) is 17.2 Å². The van der Waals surface area contributed by atoms with Crippen LogP contribution in [0.1, 0.15) is 13.3 Å². The van der Waals surface area contributed by atoms with Crippen LogP contribution in [0.25, 0.3) is 0 Å². The van der Waals surface area contributed by atoms with Gasteiger partial charge in [-0.25, -0.2) is 0 Å². The van der Waals surface area contributed by atoms with E-state index in [0.29, 0.717) is 23.0 Å². The molecule has 0 unspecified atom stereocenters. The summed E-state index contributed by atoms with van der Waals surface area (Å²) in [6.07, 6.45) is -0.293. The molecular formula is C17H17ClN2O3. The lowest BCUT2D eigenvalue weighted by Crippen LogP contribution is -2.21. The lowest BCUT2D eigenvalue weighted by molar-refractivity contribution is -0.123. The molecule has 0 aliphatic rings. The zero-order valence-electron chi connectivity index (χ0n) is 12.6. The predicted molar refractivity (Wildman–Crippen MR) is 90.9 cm³/mol. The minimum absolute atomic E-state index is 0.293. The van der Waals surface area contributed by atoms with Crippen molar-refractivity contribution in [1.82, 2.24) is 0 Å². The van der Waals surface area contributed by atoms with Crippen molar-refractivity contribution in [3.05, 3.63) is 53.6 Å². The second kappa shape index (κ2) is 8.19. The largest absolute Gasteiger partial charge is 0.494 e. The maximum absolute atomic E-state index is 11.9. The van der Waals surface area contributed by atoms with Crippen LogP contribution in [-0.2, 0) is 9.59 Å². The smallest absolute Gasteiger partial charge is 0.233 e. The van der Waals surface area contributed by atoms with Gasteiger partial charge in [0.15, 0.2) is 0 Å². The Hall–Kier alpha value is -2.53. The number of anilines is 2. The molecule has 2 N–H and O–H groups in total. The van der Waals surface area contributed by atoms with Crippen LogP contribution in [0.5, 0.6) is 5.75 Å². The number of hydrogen-bond acceptors (Lipinski definition) is 3. The molecule has 6 heteroatoms. The van der Waals surface area contributed by atoms with Crippen LogP contribution in [0.15, 0.2) is 48.5 Å². The molecule has 2 rings (SSSR count). The molecule has 2 amide bonds. The first kappa shape index (κ1) is 16.8. The van der Waals surface area contributed by atoms with Crippen LogP contribution in [0.4, 0.5) is 11.4 Å². The minimum atomic E-state index is -0.429.